The molecule has 0 spiro atoms. The van der Waals surface area contributed by atoms with E-state index in [4.69, 9.17) is 0 Å². The Labute approximate surface area is 168 Å². The first-order valence-corrected chi connectivity index (χ1v) is 10.2. The second-order valence-electron chi connectivity index (χ2n) is 6.87. The molecule has 0 saturated heterocycles. The summed E-state index contributed by atoms with van der Waals surface area (Å²) in [6, 6.07) is 22.9. The van der Waals surface area contributed by atoms with Crippen LogP contribution in [0.1, 0.15) is 52.0 Å². The number of halogens is 1. The fraction of sp³-hybridized carbons (Fsp3) is 0.160. The smallest absolute Gasteiger partial charge is 0.194 e. The average Bonchev–Trinajstić information content (AvgIpc) is 2.99. The summed E-state index contributed by atoms with van der Waals surface area (Å²) in [6.07, 6.45) is 2.00. The number of aryl methyl sites for hydroxylation is 2. The Balaban J connectivity index is 1.96. The molecule has 1 aliphatic carbocycles. The first-order chi connectivity index (χ1) is 13.1. The Morgan fingerprint density at radius 3 is 1.70 bits per heavy atom. The molecule has 0 aliphatic heterocycles. The number of hydrogen-bond donors (Lipinski definition) is 0. The normalized spacial score (nSPS) is 13.2. The molecule has 1 nitrogen and oxygen atoms in total. The molecule has 27 heavy (non-hydrogen) atoms. The van der Waals surface area contributed by atoms with E-state index in [0.717, 1.165) is 50.7 Å². The third-order valence-corrected chi connectivity index (χ3v) is 5.77. The fourth-order valence-corrected chi connectivity index (χ4v) is 4.05. The first-order valence-electron chi connectivity index (χ1n) is 9.40. The Hall–Kier alpha value is -2.45. The van der Waals surface area contributed by atoms with Gasteiger partial charge in [0, 0.05) is 21.2 Å². The van der Waals surface area contributed by atoms with Gasteiger partial charge >= 0.3 is 0 Å². The minimum Gasteiger partial charge on any atom is -0.289 e. The van der Waals surface area contributed by atoms with Gasteiger partial charge in [-0.05, 0) is 58.9 Å². The van der Waals surface area contributed by atoms with Gasteiger partial charge in [0.25, 0.3) is 0 Å². The molecule has 0 aromatic heterocycles. The van der Waals surface area contributed by atoms with Gasteiger partial charge in [-0.2, -0.15) is 0 Å². The number of carbonyl (C=O) groups excluding carboxylic acids is 1. The van der Waals surface area contributed by atoms with E-state index in [2.05, 4.69) is 84.4 Å². The third-order valence-electron chi connectivity index (χ3n) is 5.27. The van der Waals surface area contributed by atoms with Crippen molar-refractivity contribution in [3.05, 3.63) is 105 Å². The molecule has 0 radical (unpaired) electrons. The van der Waals surface area contributed by atoms with E-state index in [-0.39, 0.29) is 5.78 Å². The second kappa shape index (κ2) is 7.28. The Kier molecular flexibility index (Phi) is 4.84. The van der Waals surface area contributed by atoms with Crippen LogP contribution >= 0.6 is 15.9 Å². The lowest BCUT2D eigenvalue weighted by atomic mass is 9.93. The Morgan fingerprint density at radius 1 is 0.667 bits per heavy atom. The molecule has 134 valence electrons. The van der Waals surface area contributed by atoms with E-state index in [1.807, 2.05) is 12.1 Å². The number of Topliss-reactive ketones (excluding diaryl/α,β-unsaturated/α-hetero) is 1. The fourth-order valence-electron chi connectivity index (χ4n) is 3.69. The van der Waals surface area contributed by atoms with Gasteiger partial charge in [0.05, 0.1) is 0 Å². The third kappa shape index (κ3) is 3.19. The number of carbonyl (C=O) groups is 1. The van der Waals surface area contributed by atoms with E-state index in [1.54, 1.807) is 0 Å². The van der Waals surface area contributed by atoms with E-state index < -0.39 is 0 Å². The molecular weight excluding hydrogens is 396 g/mol. The maximum atomic E-state index is 13.3. The zero-order chi connectivity index (χ0) is 19.0. The minimum absolute atomic E-state index is 0.108. The molecule has 0 atom stereocenters. The molecule has 1 aliphatic rings. The summed E-state index contributed by atoms with van der Waals surface area (Å²) in [5.41, 5.74) is 8.27. The summed E-state index contributed by atoms with van der Waals surface area (Å²) in [6.45, 7) is 4.30. The van der Waals surface area contributed by atoms with Crippen molar-refractivity contribution in [2.45, 2.75) is 26.7 Å². The van der Waals surface area contributed by atoms with Gasteiger partial charge in [-0.3, -0.25) is 4.79 Å². The largest absolute Gasteiger partial charge is 0.289 e. The molecule has 0 saturated carbocycles. The number of rotatable bonds is 4. The highest BCUT2D eigenvalue weighted by atomic mass is 79.9. The van der Waals surface area contributed by atoms with Gasteiger partial charge in [0.2, 0.25) is 0 Å². The molecule has 0 unspecified atom stereocenters. The summed E-state index contributed by atoms with van der Waals surface area (Å²) < 4.78 is 0.985. The number of benzene rings is 3. The van der Waals surface area contributed by atoms with Gasteiger partial charge in [0.1, 0.15) is 0 Å². The second-order valence-corrected chi connectivity index (χ2v) is 7.79. The number of allylic oxidation sites excluding steroid dienone is 1. The number of ketones is 1. The number of fused-ring (bicyclic) bond motifs is 1. The minimum atomic E-state index is 0.108. The predicted octanol–water partition coefficient (Wildman–Crippen LogP) is 6.73. The van der Waals surface area contributed by atoms with Crippen LogP contribution in [0.25, 0.3) is 11.1 Å². The molecule has 2 heteroatoms. The van der Waals surface area contributed by atoms with E-state index in [9.17, 15) is 4.79 Å². The van der Waals surface area contributed by atoms with Gasteiger partial charge in [-0.1, -0.05) is 78.3 Å². The van der Waals surface area contributed by atoms with Crippen LogP contribution in [-0.2, 0) is 12.8 Å². The highest BCUT2D eigenvalue weighted by molar-refractivity contribution is 9.10. The highest BCUT2D eigenvalue weighted by Crippen LogP contribution is 2.43. The summed E-state index contributed by atoms with van der Waals surface area (Å²) in [5.74, 6) is 0.108. The van der Waals surface area contributed by atoms with Crippen LogP contribution in [0, 0.1) is 0 Å². The lowest BCUT2D eigenvalue weighted by Crippen LogP contribution is -1.98. The molecule has 0 heterocycles. The predicted molar refractivity (Wildman–Crippen MR) is 116 cm³/mol. The molecule has 0 bridgehead atoms. The van der Waals surface area contributed by atoms with Crippen LogP contribution in [0.15, 0.2) is 71.2 Å². The van der Waals surface area contributed by atoms with Crippen molar-refractivity contribution in [2.24, 2.45) is 0 Å². The van der Waals surface area contributed by atoms with Crippen LogP contribution in [0.3, 0.4) is 0 Å². The van der Waals surface area contributed by atoms with Crippen molar-refractivity contribution in [3.8, 4) is 0 Å². The Bertz CT molecular complexity index is 1040. The summed E-state index contributed by atoms with van der Waals surface area (Å²) >= 11 is 3.57. The monoisotopic (exact) mass is 416 g/mol. The lowest BCUT2D eigenvalue weighted by molar-refractivity contribution is 0.105. The quantitative estimate of drug-likeness (QED) is 0.460. The standard InChI is InChI=1S/C25H21BrO/c1-3-16-5-9-18(10-6-16)23-22-15-20(26)13-14-21(22)25(27)24(23)19-11-7-17(4-2)8-12-19/h5-15H,3-4H2,1-2H3. The number of hydrogen-bond acceptors (Lipinski definition) is 1. The summed E-state index contributed by atoms with van der Waals surface area (Å²) in [4.78, 5) is 13.3. The van der Waals surface area contributed by atoms with E-state index in [0.29, 0.717) is 0 Å². The SMILES string of the molecule is CCc1ccc(C2=C(c3ccc(CC)cc3)c3cc(Br)ccc3C2=O)cc1. The highest BCUT2D eigenvalue weighted by Gasteiger charge is 2.31. The van der Waals surface area contributed by atoms with Crippen molar-refractivity contribution in [2.75, 3.05) is 0 Å². The van der Waals surface area contributed by atoms with Crippen LogP contribution in [0.5, 0.6) is 0 Å². The average molecular weight is 417 g/mol. The van der Waals surface area contributed by atoms with Crippen molar-refractivity contribution in [1.29, 1.82) is 0 Å². The zero-order valence-electron chi connectivity index (χ0n) is 15.6. The molecule has 4 rings (SSSR count). The molecule has 0 amide bonds. The van der Waals surface area contributed by atoms with Crippen LogP contribution in [-0.4, -0.2) is 5.78 Å². The van der Waals surface area contributed by atoms with Crippen molar-refractivity contribution in [3.63, 3.8) is 0 Å². The molecule has 3 aromatic carbocycles. The zero-order valence-corrected chi connectivity index (χ0v) is 17.1. The van der Waals surface area contributed by atoms with E-state index in [1.165, 1.54) is 11.1 Å². The molecule has 0 N–H and O–H groups in total. The molecule has 0 fully saturated rings. The van der Waals surface area contributed by atoms with Crippen LogP contribution in [0.4, 0.5) is 0 Å². The Morgan fingerprint density at radius 2 is 1.19 bits per heavy atom. The van der Waals surface area contributed by atoms with Gasteiger partial charge in [0.15, 0.2) is 5.78 Å². The van der Waals surface area contributed by atoms with Crippen molar-refractivity contribution >= 4 is 32.9 Å². The van der Waals surface area contributed by atoms with Gasteiger partial charge in [-0.15, -0.1) is 0 Å². The maximum Gasteiger partial charge on any atom is 0.194 e. The van der Waals surface area contributed by atoms with Gasteiger partial charge in [-0.25, -0.2) is 0 Å². The van der Waals surface area contributed by atoms with Gasteiger partial charge < -0.3 is 0 Å². The molecule has 3 aromatic rings. The van der Waals surface area contributed by atoms with Crippen molar-refractivity contribution < 1.29 is 4.79 Å². The molecular formula is C25H21BrO. The maximum absolute atomic E-state index is 13.3. The summed E-state index contributed by atoms with van der Waals surface area (Å²) in [7, 11) is 0. The summed E-state index contributed by atoms with van der Waals surface area (Å²) in [5, 5.41) is 0. The van der Waals surface area contributed by atoms with Crippen molar-refractivity contribution in [1.82, 2.24) is 0 Å². The lowest BCUT2D eigenvalue weighted by Gasteiger charge is -2.10. The van der Waals surface area contributed by atoms with Crippen LogP contribution in [0.2, 0.25) is 0 Å². The van der Waals surface area contributed by atoms with Crippen LogP contribution < -0.4 is 0 Å². The topological polar surface area (TPSA) is 17.1 Å². The first kappa shape index (κ1) is 17.9. The van der Waals surface area contributed by atoms with E-state index >= 15 is 0 Å².